The molecule has 0 radical (unpaired) electrons. The number of hydrogen-bond donors (Lipinski definition) is 2. The molecule has 1 aromatic rings. The predicted octanol–water partition coefficient (Wildman–Crippen LogP) is 0.517. The molecule has 1 heterocycles. The second-order valence-corrected chi connectivity index (χ2v) is 5.95. The van der Waals surface area contributed by atoms with E-state index in [1.54, 1.807) is 0 Å². The molecule has 1 unspecified atom stereocenters. The SMILES string of the molecule is O=S(=O)(N[C@@H](CO)C1CO1)c1ccc(F)cc1Cl. The van der Waals surface area contributed by atoms with E-state index < -0.39 is 21.9 Å². The maximum Gasteiger partial charge on any atom is 0.242 e. The number of halogens is 2. The van der Waals surface area contributed by atoms with Crippen molar-refractivity contribution in [2.24, 2.45) is 0 Å². The summed E-state index contributed by atoms with van der Waals surface area (Å²) in [6.07, 6.45) is -0.330. The largest absolute Gasteiger partial charge is 0.395 e. The second-order valence-electron chi connectivity index (χ2n) is 3.86. The summed E-state index contributed by atoms with van der Waals surface area (Å²) < 4.78 is 44.0. The molecule has 1 saturated heterocycles. The van der Waals surface area contributed by atoms with Gasteiger partial charge in [0.15, 0.2) is 0 Å². The average molecular weight is 296 g/mol. The lowest BCUT2D eigenvalue weighted by Gasteiger charge is -2.14. The van der Waals surface area contributed by atoms with Crippen LogP contribution in [0.2, 0.25) is 5.02 Å². The Morgan fingerprint density at radius 3 is 2.78 bits per heavy atom. The first-order chi connectivity index (χ1) is 8.44. The summed E-state index contributed by atoms with van der Waals surface area (Å²) in [6.45, 7) is 0.00755. The summed E-state index contributed by atoms with van der Waals surface area (Å²) in [7, 11) is -3.91. The van der Waals surface area contributed by atoms with Crippen LogP contribution in [0, 0.1) is 5.82 Å². The van der Waals surface area contributed by atoms with E-state index in [0.29, 0.717) is 6.61 Å². The lowest BCUT2D eigenvalue weighted by atomic mass is 10.2. The molecule has 0 amide bonds. The highest BCUT2D eigenvalue weighted by molar-refractivity contribution is 7.89. The van der Waals surface area contributed by atoms with Crippen molar-refractivity contribution in [2.75, 3.05) is 13.2 Å². The Labute approximate surface area is 109 Å². The highest BCUT2D eigenvalue weighted by atomic mass is 35.5. The van der Waals surface area contributed by atoms with Gasteiger partial charge in [-0.05, 0) is 18.2 Å². The molecule has 2 atom stereocenters. The number of nitrogens with one attached hydrogen (secondary N) is 1. The predicted molar refractivity (Wildman–Crippen MR) is 62.3 cm³/mol. The molecule has 8 heteroatoms. The van der Waals surface area contributed by atoms with Crippen LogP contribution in [0.25, 0.3) is 0 Å². The lowest BCUT2D eigenvalue weighted by Crippen LogP contribution is -2.41. The summed E-state index contributed by atoms with van der Waals surface area (Å²) in [5.74, 6) is -0.622. The van der Waals surface area contributed by atoms with Crippen molar-refractivity contribution in [3.05, 3.63) is 29.0 Å². The zero-order valence-corrected chi connectivity index (χ0v) is 10.7. The first-order valence-electron chi connectivity index (χ1n) is 5.14. The molecular formula is C10H11ClFNO4S. The summed E-state index contributed by atoms with van der Waals surface area (Å²) in [6, 6.07) is 2.26. The fraction of sp³-hybridized carbons (Fsp3) is 0.400. The van der Waals surface area contributed by atoms with E-state index in [-0.39, 0.29) is 22.6 Å². The Hall–Kier alpha value is -0.730. The van der Waals surface area contributed by atoms with Crippen LogP contribution in [-0.4, -0.2) is 38.9 Å². The number of rotatable bonds is 5. The minimum absolute atomic E-state index is 0.212. The third-order valence-electron chi connectivity index (χ3n) is 2.49. The monoisotopic (exact) mass is 295 g/mol. The van der Waals surface area contributed by atoms with Crippen LogP contribution in [0.1, 0.15) is 0 Å². The molecule has 1 aliphatic rings. The van der Waals surface area contributed by atoms with Crippen LogP contribution in [0.5, 0.6) is 0 Å². The van der Waals surface area contributed by atoms with Gasteiger partial charge in [0.1, 0.15) is 10.7 Å². The van der Waals surface area contributed by atoms with Crippen molar-refractivity contribution in [3.8, 4) is 0 Å². The van der Waals surface area contributed by atoms with Crippen LogP contribution < -0.4 is 4.72 Å². The van der Waals surface area contributed by atoms with Gasteiger partial charge in [0.2, 0.25) is 10.0 Å². The standard InChI is InChI=1S/C10H11ClFNO4S/c11-7-3-6(12)1-2-10(7)18(15,16)13-8(4-14)9-5-17-9/h1-3,8-9,13-14H,4-5H2/t8-,9?/m0/s1. The third-order valence-corrected chi connectivity index (χ3v) is 4.47. The second kappa shape index (κ2) is 5.10. The summed E-state index contributed by atoms with van der Waals surface area (Å²) in [4.78, 5) is -0.232. The molecule has 0 bridgehead atoms. The quantitative estimate of drug-likeness (QED) is 0.776. The summed E-state index contributed by atoms with van der Waals surface area (Å²) in [5.41, 5.74) is 0. The fourth-order valence-corrected chi connectivity index (χ4v) is 3.26. The van der Waals surface area contributed by atoms with Crippen molar-refractivity contribution in [2.45, 2.75) is 17.0 Å². The molecule has 1 aliphatic heterocycles. The first-order valence-corrected chi connectivity index (χ1v) is 7.00. The Morgan fingerprint density at radius 2 is 2.28 bits per heavy atom. The molecule has 0 saturated carbocycles. The van der Waals surface area contributed by atoms with E-state index in [9.17, 15) is 12.8 Å². The lowest BCUT2D eigenvalue weighted by molar-refractivity contribution is 0.227. The third kappa shape index (κ3) is 2.99. The van der Waals surface area contributed by atoms with E-state index in [0.717, 1.165) is 18.2 Å². The van der Waals surface area contributed by atoms with Crippen LogP contribution >= 0.6 is 11.6 Å². The van der Waals surface area contributed by atoms with Gasteiger partial charge < -0.3 is 9.84 Å². The molecule has 0 aromatic heterocycles. The molecule has 0 spiro atoms. The highest BCUT2D eigenvalue weighted by Crippen LogP contribution is 2.23. The Morgan fingerprint density at radius 1 is 1.61 bits per heavy atom. The van der Waals surface area contributed by atoms with Crippen molar-refractivity contribution in [1.82, 2.24) is 4.72 Å². The molecule has 1 fully saturated rings. The van der Waals surface area contributed by atoms with Gasteiger partial charge >= 0.3 is 0 Å². The van der Waals surface area contributed by atoms with Gasteiger partial charge in [-0.1, -0.05) is 11.6 Å². The number of ether oxygens (including phenoxy) is 1. The number of benzene rings is 1. The van der Waals surface area contributed by atoms with E-state index in [1.807, 2.05) is 0 Å². The van der Waals surface area contributed by atoms with Gasteiger partial charge in [0, 0.05) is 0 Å². The number of aliphatic hydroxyl groups excluding tert-OH is 1. The Bertz CT molecular complexity index is 547. The minimum Gasteiger partial charge on any atom is -0.395 e. The van der Waals surface area contributed by atoms with Crippen molar-refractivity contribution >= 4 is 21.6 Å². The van der Waals surface area contributed by atoms with Gasteiger partial charge in [0.05, 0.1) is 30.4 Å². The highest BCUT2D eigenvalue weighted by Gasteiger charge is 2.35. The molecule has 0 aliphatic carbocycles. The normalized spacial score (nSPS) is 20.7. The maximum atomic E-state index is 12.8. The molecule has 2 N–H and O–H groups in total. The number of epoxide rings is 1. The van der Waals surface area contributed by atoms with Gasteiger partial charge in [-0.2, -0.15) is 0 Å². The van der Waals surface area contributed by atoms with Crippen molar-refractivity contribution < 1.29 is 22.7 Å². The first kappa shape index (κ1) is 13.7. The van der Waals surface area contributed by atoms with E-state index >= 15 is 0 Å². The molecule has 100 valence electrons. The molecule has 1 aromatic carbocycles. The Kier molecular flexibility index (Phi) is 3.88. The number of aliphatic hydroxyl groups is 1. The Balaban J connectivity index is 2.24. The topological polar surface area (TPSA) is 78.9 Å². The zero-order chi connectivity index (χ0) is 13.3. The van der Waals surface area contributed by atoms with Crippen molar-refractivity contribution in [1.29, 1.82) is 0 Å². The average Bonchev–Trinajstić information content (AvgIpc) is 3.09. The van der Waals surface area contributed by atoms with Crippen molar-refractivity contribution in [3.63, 3.8) is 0 Å². The van der Waals surface area contributed by atoms with Crippen LogP contribution in [0.3, 0.4) is 0 Å². The van der Waals surface area contributed by atoms with Gasteiger partial charge in [0.25, 0.3) is 0 Å². The van der Waals surface area contributed by atoms with Crippen LogP contribution in [-0.2, 0) is 14.8 Å². The smallest absolute Gasteiger partial charge is 0.242 e. The molecular weight excluding hydrogens is 285 g/mol. The molecule has 18 heavy (non-hydrogen) atoms. The zero-order valence-electron chi connectivity index (χ0n) is 9.14. The van der Waals surface area contributed by atoms with E-state index in [1.165, 1.54) is 0 Å². The fourth-order valence-electron chi connectivity index (χ4n) is 1.47. The van der Waals surface area contributed by atoms with Crippen LogP contribution in [0.4, 0.5) is 4.39 Å². The molecule has 2 rings (SSSR count). The molecule has 5 nitrogen and oxygen atoms in total. The minimum atomic E-state index is -3.91. The van der Waals surface area contributed by atoms with Gasteiger partial charge in [-0.3, -0.25) is 0 Å². The number of hydrogen-bond acceptors (Lipinski definition) is 4. The maximum absolute atomic E-state index is 12.8. The summed E-state index contributed by atoms with van der Waals surface area (Å²) in [5, 5.41) is 8.85. The summed E-state index contributed by atoms with van der Waals surface area (Å²) >= 11 is 5.68. The van der Waals surface area contributed by atoms with Gasteiger partial charge in [-0.15, -0.1) is 0 Å². The van der Waals surface area contributed by atoms with Crippen LogP contribution in [0.15, 0.2) is 23.1 Å². The van der Waals surface area contributed by atoms with E-state index in [4.69, 9.17) is 21.4 Å². The number of sulfonamides is 1. The van der Waals surface area contributed by atoms with Gasteiger partial charge in [-0.25, -0.2) is 17.5 Å². The van der Waals surface area contributed by atoms with E-state index in [2.05, 4.69) is 4.72 Å².